The highest BCUT2D eigenvalue weighted by Gasteiger charge is 2.23. The molecular weight excluding hydrogens is 282 g/mol. The van der Waals surface area contributed by atoms with Gasteiger partial charge in [0.05, 0.1) is 12.2 Å². The first-order valence-electron chi connectivity index (χ1n) is 7.73. The number of hydrogen-bond donors (Lipinski definition) is 1. The minimum atomic E-state index is -0.866. The van der Waals surface area contributed by atoms with E-state index in [4.69, 9.17) is 9.84 Å². The van der Waals surface area contributed by atoms with Gasteiger partial charge < -0.3 is 14.7 Å². The second-order valence-electron chi connectivity index (χ2n) is 5.14. The predicted molar refractivity (Wildman–Crippen MR) is 84.7 cm³/mol. The van der Waals surface area contributed by atoms with Gasteiger partial charge in [-0.2, -0.15) is 0 Å². The number of benzene rings is 1. The Bertz CT molecular complexity index is 484. The van der Waals surface area contributed by atoms with E-state index in [2.05, 4.69) is 6.92 Å². The van der Waals surface area contributed by atoms with Crippen molar-refractivity contribution in [3.63, 3.8) is 0 Å². The standard InChI is InChI=1S/C17H25NO4/c1-4-6-14-7-9-15(10-8-14)17(21)22-13(3)16(20)18(5-2)11-12-19/h7-10,13,19H,4-6,11-12H2,1-3H3. The van der Waals surface area contributed by atoms with Crippen LogP contribution in [0.2, 0.25) is 0 Å². The predicted octanol–water partition coefficient (Wildman–Crippen LogP) is 2.03. The first kappa shape index (κ1) is 18.2. The van der Waals surface area contributed by atoms with Crippen molar-refractivity contribution in [2.24, 2.45) is 0 Å². The molecule has 5 heteroatoms. The molecule has 22 heavy (non-hydrogen) atoms. The number of carbonyl (C=O) groups is 2. The third kappa shape index (κ3) is 5.15. The van der Waals surface area contributed by atoms with Crippen LogP contribution in [-0.2, 0) is 16.0 Å². The van der Waals surface area contributed by atoms with Crippen molar-refractivity contribution in [2.75, 3.05) is 19.7 Å². The highest BCUT2D eigenvalue weighted by molar-refractivity contribution is 5.92. The van der Waals surface area contributed by atoms with Crippen LogP contribution >= 0.6 is 0 Å². The van der Waals surface area contributed by atoms with Crippen molar-refractivity contribution in [3.05, 3.63) is 35.4 Å². The van der Waals surface area contributed by atoms with Crippen LogP contribution in [0.15, 0.2) is 24.3 Å². The van der Waals surface area contributed by atoms with Crippen LogP contribution in [0.5, 0.6) is 0 Å². The highest BCUT2D eigenvalue weighted by Crippen LogP contribution is 2.10. The average molecular weight is 307 g/mol. The Kier molecular flexibility index (Phi) is 7.60. The topological polar surface area (TPSA) is 66.8 Å². The first-order chi connectivity index (χ1) is 10.5. The molecule has 1 N–H and O–H groups in total. The van der Waals surface area contributed by atoms with E-state index in [-0.39, 0.29) is 19.1 Å². The van der Waals surface area contributed by atoms with Crippen LogP contribution in [0.25, 0.3) is 0 Å². The number of aliphatic hydroxyl groups is 1. The van der Waals surface area contributed by atoms with Crippen LogP contribution in [0.4, 0.5) is 0 Å². The van der Waals surface area contributed by atoms with E-state index in [1.54, 1.807) is 19.1 Å². The normalized spacial score (nSPS) is 11.8. The zero-order valence-electron chi connectivity index (χ0n) is 13.5. The van der Waals surface area contributed by atoms with E-state index in [1.165, 1.54) is 10.5 Å². The Labute approximate surface area is 131 Å². The Hall–Kier alpha value is -1.88. The lowest BCUT2D eigenvalue weighted by Gasteiger charge is -2.23. The summed E-state index contributed by atoms with van der Waals surface area (Å²) >= 11 is 0. The summed E-state index contributed by atoms with van der Waals surface area (Å²) in [5.41, 5.74) is 1.60. The molecule has 122 valence electrons. The third-order valence-electron chi connectivity index (χ3n) is 3.42. The molecule has 0 aliphatic rings. The van der Waals surface area contributed by atoms with Crippen molar-refractivity contribution < 1.29 is 19.4 Å². The molecule has 0 saturated carbocycles. The number of likely N-dealkylation sites (N-methyl/N-ethyl adjacent to an activating group) is 1. The lowest BCUT2D eigenvalue weighted by molar-refractivity contribution is -0.140. The summed E-state index contributed by atoms with van der Waals surface area (Å²) in [6, 6.07) is 7.24. The van der Waals surface area contributed by atoms with Crippen LogP contribution in [0.1, 0.15) is 43.1 Å². The zero-order chi connectivity index (χ0) is 16.5. The molecule has 0 spiro atoms. The largest absolute Gasteiger partial charge is 0.449 e. The molecule has 0 radical (unpaired) electrons. The molecule has 0 heterocycles. The molecule has 0 saturated heterocycles. The third-order valence-corrected chi connectivity index (χ3v) is 3.42. The van der Waals surface area contributed by atoms with E-state index in [9.17, 15) is 9.59 Å². The second-order valence-corrected chi connectivity index (χ2v) is 5.14. The molecular formula is C17H25NO4. The van der Waals surface area contributed by atoms with E-state index in [0.717, 1.165) is 12.8 Å². The maximum Gasteiger partial charge on any atom is 0.338 e. The van der Waals surface area contributed by atoms with Gasteiger partial charge in [0.15, 0.2) is 6.10 Å². The Morgan fingerprint density at radius 3 is 2.36 bits per heavy atom. The van der Waals surface area contributed by atoms with Crippen LogP contribution in [0.3, 0.4) is 0 Å². The monoisotopic (exact) mass is 307 g/mol. The maximum absolute atomic E-state index is 12.1. The zero-order valence-corrected chi connectivity index (χ0v) is 13.5. The van der Waals surface area contributed by atoms with Gasteiger partial charge in [0.2, 0.25) is 0 Å². The number of carbonyl (C=O) groups excluding carboxylic acids is 2. The lowest BCUT2D eigenvalue weighted by atomic mass is 10.1. The molecule has 0 aliphatic heterocycles. The fourth-order valence-corrected chi connectivity index (χ4v) is 2.18. The van der Waals surface area contributed by atoms with E-state index >= 15 is 0 Å². The number of esters is 1. The minimum Gasteiger partial charge on any atom is -0.449 e. The van der Waals surface area contributed by atoms with Gasteiger partial charge in [-0.15, -0.1) is 0 Å². The van der Waals surface area contributed by atoms with Crippen molar-refractivity contribution in [3.8, 4) is 0 Å². The minimum absolute atomic E-state index is 0.112. The fraction of sp³-hybridized carbons (Fsp3) is 0.529. The van der Waals surface area contributed by atoms with Gasteiger partial charge in [0.25, 0.3) is 5.91 Å². The molecule has 1 aromatic carbocycles. The van der Waals surface area contributed by atoms with Gasteiger partial charge in [0, 0.05) is 13.1 Å². The van der Waals surface area contributed by atoms with E-state index in [1.807, 2.05) is 19.1 Å². The summed E-state index contributed by atoms with van der Waals surface area (Å²) < 4.78 is 5.22. The van der Waals surface area contributed by atoms with Gasteiger partial charge in [-0.1, -0.05) is 25.5 Å². The van der Waals surface area contributed by atoms with Gasteiger partial charge in [-0.25, -0.2) is 4.79 Å². The Balaban J connectivity index is 2.64. The summed E-state index contributed by atoms with van der Waals surface area (Å²) in [6.07, 6.45) is 1.15. The average Bonchev–Trinajstić information content (AvgIpc) is 2.52. The van der Waals surface area contributed by atoms with Gasteiger partial charge in [0.1, 0.15) is 0 Å². The molecule has 1 rings (SSSR count). The first-order valence-corrected chi connectivity index (χ1v) is 7.73. The summed E-state index contributed by atoms with van der Waals surface area (Å²) in [4.78, 5) is 25.6. The lowest BCUT2D eigenvalue weighted by Crippen LogP contribution is -2.41. The molecule has 1 atom stereocenters. The van der Waals surface area contributed by atoms with Crippen LogP contribution in [0, 0.1) is 0 Å². The molecule has 1 amide bonds. The molecule has 5 nitrogen and oxygen atoms in total. The number of ether oxygens (including phenoxy) is 1. The Morgan fingerprint density at radius 1 is 1.23 bits per heavy atom. The number of aryl methyl sites for hydroxylation is 1. The summed E-state index contributed by atoms with van der Waals surface area (Å²) in [7, 11) is 0. The summed E-state index contributed by atoms with van der Waals surface area (Å²) in [5, 5.41) is 8.93. The highest BCUT2D eigenvalue weighted by atomic mass is 16.5. The SMILES string of the molecule is CCCc1ccc(C(=O)OC(C)C(=O)N(CC)CCO)cc1. The summed E-state index contributed by atoms with van der Waals surface area (Å²) in [5.74, 6) is -0.809. The maximum atomic E-state index is 12.1. The molecule has 0 aromatic heterocycles. The number of aliphatic hydroxyl groups excluding tert-OH is 1. The van der Waals surface area contributed by atoms with Crippen molar-refractivity contribution in [2.45, 2.75) is 39.7 Å². The van der Waals surface area contributed by atoms with Gasteiger partial charge >= 0.3 is 5.97 Å². The number of hydrogen-bond acceptors (Lipinski definition) is 4. The fourth-order valence-electron chi connectivity index (χ4n) is 2.18. The number of nitrogens with zero attached hydrogens (tertiary/aromatic N) is 1. The molecule has 1 unspecified atom stereocenters. The molecule has 0 bridgehead atoms. The van der Waals surface area contributed by atoms with E-state index < -0.39 is 12.1 Å². The van der Waals surface area contributed by atoms with Crippen LogP contribution in [-0.4, -0.2) is 47.7 Å². The second kappa shape index (κ2) is 9.20. The smallest absolute Gasteiger partial charge is 0.338 e. The number of rotatable bonds is 8. The van der Waals surface area contributed by atoms with Crippen molar-refractivity contribution in [1.29, 1.82) is 0 Å². The van der Waals surface area contributed by atoms with E-state index in [0.29, 0.717) is 12.1 Å². The molecule has 1 aromatic rings. The van der Waals surface area contributed by atoms with Crippen LogP contribution < -0.4 is 0 Å². The molecule has 0 aliphatic carbocycles. The van der Waals surface area contributed by atoms with Crippen molar-refractivity contribution >= 4 is 11.9 Å². The van der Waals surface area contributed by atoms with Gasteiger partial charge in [-0.3, -0.25) is 4.79 Å². The quantitative estimate of drug-likeness (QED) is 0.746. The van der Waals surface area contributed by atoms with Crippen molar-refractivity contribution in [1.82, 2.24) is 4.90 Å². The Morgan fingerprint density at radius 2 is 1.86 bits per heavy atom. The number of amides is 1. The molecule has 0 fully saturated rings. The summed E-state index contributed by atoms with van der Waals surface area (Å²) in [6.45, 7) is 6.05. The van der Waals surface area contributed by atoms with Gasteiger partial charge in [-0.05, 0) is 38.0 Å².